The fourth-order valence-electron chi connectivity index (χ4n) is 2.59. The summed E-state index contributed by atoms with van der Waals surface area (Å²) in [7, 11) is 0. The van der Waals surface area contributed by atoms with Gasteiger partial charge in [0.1, 0.15) is 0 Å². The van der Waals surface area contributed by atoms with Crippen LogP contribution >= 0.6 is 0 Å². The Morgan fingerprint density at radius 3 is 2.67 bits per heavy atom. The second-order valence-corrected chi connectivity index (χ2v) is 5.82. The summed E-state index contributed by atoms with van der Waals surface area (Å²) in [6, 6.07) is 11.6. The third-order valence-corrected chi connectivity index (χ3v) is 4.05. The van der Waals surface area contributed by atoms with Gasteiger partial charge in [0, 0.05) is 18.8 Å². The second-order valence-electron chi connectivity index (χ2n) is 5.82. The molecule has 0 saturated carbocycles. The zero-order valence-electron chi connectivity index (χ0n) is 13.8. The van der Waals surface area contributed by atoms with E-state index in [1.165, 1.54) is 5.56 Å². The van der Waals surface area contributed by atoms with Crippen LogP contribution in [0.3, 0.4) is 0 Å². The van der Waals surface area contributed by atoms with Crippen LogP contribution in [0.25, 0.3) is 0 Å². The van der Waals surface area contributed by atoms with Gasteiger partial charge in [0.25, 0.3) is 5.91 Å². The van der Waals surface area contributed by atoms with Crippen molar-refractivity contribution in [1.82, 2.24) is 15.5 Å². The minimum Gasteiger partial charge on any atom is -0.376 e. The van der Waals surface area contributed by atoms with Crippen LogP contribution in [-0.4, -0.2) is 35.4 Å². The molecule has 1 aliphatic heterocycles. The zero-order valence-corrected chi connectivity index (χ0v) is 13.8. The van der Waals surface area contributed by atoms with Gasteiger partial charge in [-0.05, 0) is 49.1 Å². The number of hydrogen-bond acceptors (Lipinski definition) is 5. The molecular weight excluding hydrogens is 304 g/mol. The van der Waals surface area contributed by atoms with Gasteiger partial charge in [-0.3, -0.25) is 4.79 Å². The predicted octanol–water partition coefficient (Wildman–Crippen LogP) is 2.69. The summed E-state index contributed by atoms with van der Waals surface area (Å²) in [5.74, 6) is 0.381. The van der Waals surface area contributed by atoms with Gasteiger partial charge in [-0.15, -0.1) is 10.2 Å². The standard InChI is InChI=1S/C18H22N4O2/c1-2-13-5-7-14(8-6-13)20-17-10-9-16(21-22-17)18(23)19-12-15-4-3-11-24-15/h5-10,15H,2-4,11-12H2,1H3,(H,19,23)(H,20,22). The number of nitrogens with zero attached hydrogens (tertiary/aromatic N) is 2. The number of benzene rings is 1. The van der Waals surface area contributed by atoms with Crippen molar-refractivity contribution in [3.05, 3.63) is 47.7 Å². The number of ether oxygens (including phenoxy) is 1. The van der Waals surface area contributed by atoms with Gasteiger partial charge < -0.3 is 15.4 Å². The van der Waals surface area contributed by atoms with Gasteiger partial charge in [-0.2, -0.15) is 0 Å². The Kier molecular flexibility index (Phi) is 5.38. The molecule has 2 N–H and O–H groups in total. The molecule has 0 spiro atoms. The van der Waals surface area contributed by atoms with Gasteiger partial charge in [0.2, 0.25) is 0 Å². The molecule has 1 aliphatic rings. The molecule has 126 valence electrons. The Bertz CT molecular complexity index is 664. The Hall–Kier alpha value is -2.47. The SMILES string of the molecule is CCc1ccc(Nc2ccc(C(=O)NCC3CCCO3)nn2)cc1. The highest BCUT2D eigenvalue weighted by Crippen LogP contribution is 2.15. The van der Waals surface area contributed by atoms with Crippen LogP contribution < -0.4 is 10.6 Å². The first-order chi connectivity index (χ1) is 11.7. The number of nitrogens with one attached hydrogen (secondary N) is 2. The van der Waals surface area contributed by atoms with Crippen molar-refractivity contribution < 1.29 is 9.53 Å². The molecule has 2 aromatic rings. The molecule has 0 aliphatic carbocycles. The lowest BCUT2D eigenvalue weighted by atomic mass is 10.1. The lowest BCUT2D eigenvalue weighted by Gasteiger charge is -2.10. The third-order valence-electron chi connectivity index (χ3n) is 4.05. The van der Waals surface area contributed by atoms with Crippen LogP contribution in [0, 0.1) is 0 Å². The zero-order chi connectivity index (χ0) is 16.8. The maximum Gasteiger partial charge on any atom is 0.271 e. The Balaban J connectivity index is 1.54. The highest BCUT2D eigenvalue weighted by Gasteiger charge is 2.17. The number of aryl methyl sites for hydroxylation is 1. The smallest absolute Gasteiger partial charge is 0.271 e. The number of hydrogen-bond donors (Lipinski definition) is 2. The highest BCUT2D eigenvalue weighted by atomic mass is 16.5. The lowest BCUT2D eigenvalue weighted by molar-refractivity contribution is 0.0853. The molecule has 1 unspecified atom stereocenters. The molecule has 0 bridgehead atoms. The van der Waals surface area contributed by atoms with Crippen molar-refractivity contribution >= 4 is 17.4 Å². The molecule has 1 amide bonds. The largest absolute Gasteiger partial charge is 0.376 e. The lowest BCUT2D eigenvalue weighted by Crippen LogP contribution is -2.32. The average molecular weight is 326 g/mol. The fraction of sp³-hybridized carbons (Fsp3) is 0.389. The van der Waals surface area contributed by atoms with Crippen LogP contribution in [0.4, 0.5) is 11.5 Å². The summed E-state index contributed by atoms with van der Waals surface area (Å²) in [6.45, 7) is 3.42. The summed E-state index contributed by atoms with van der Waals surface area (Å²) in [5.41, 5.74) is 2.53. The van der Waals surface area contributed by atoms with Crippen molar-refractivity contribution in [1.29, 1.82) is 0 Å². The first kappa shape index (κ1) is 16.4. The topological polar surface area (TPSA) is 76.1 Å². The van der Waals surface area contributed by atoms with E-state index < -0.39 is 0 Å². The summed E-state index contributed by atoms with van der Waals surface area (Å²) in [4.78, 5) is 12.1. The molecule has 0 radical (unpaired) electrons. The molecule has 1 saturated heterocycles. The fourth-order valence-corrected chi connectivity index (χ4v) is 2.59. The van der Waals surface area contributed by atoms with Gasteiger partial charge in [-0.25, -0.2) is 0 Å². The summed E-state index contributed by atoms with van der Waals surface area (Å²) >= 11 is 0. The molecule has 3 rings (SSSR count). The van der Waals surface area contributed by atoms with E-state index >= 15 is 0 Å². The molecule has 2 heterocycles. The van der Waals surface area contributed by atoms with Crippen LogP contribution in [0.15, 0.2) is 36.4 Å². The van der Waals surface area contributed by atoms with Gasteiger partial charge in [-0.1, -0.05) is 19.1 Å². The molecule has 1 aromatic carbocycles. The molecule has 1 atom stereocenters. The molecular formula is C18H22N4O2. The number of aromatic nitrogens is 2. The van der Waals surface area contributed by atoms with E-state index in [-0.39, 0.29) is 12.0 Å². The van der Waals surface area contributed by atoms with Crippen molar-refractivity contribution in [2.24, 2.45) is 0 Å². The Morgan fingerprint density at radius 2 is 2.04 bits per heavy atom. The molecule has 1 fully saturated rings. The first-order valence-corrected chi connectivity index (χ1v) is 8.34. The maximum absolute atomic E-state index is 12.1. The van der Waals surface area contributed by atoms with Crippen LogP contribution in [0.2, 0.25) is 0 Å². The van der Waals surface area contributed by atoms with Crippen LogP contribution in [0.5, 0.6) is 0 Å². The van der Waals surface area contributed by atoms with E-state index in [1.807, 2.05) is 12.1 Å². The van der Waals surface area contributed by atoms with Crippen LogP contribution in [-0.2, 0) is 11.2 Å². The van der Waals surface area contributed by atoms with Crippen molar-refractivity contribution in [3.63, 3.8) is 0 Å². The van der Waals surface area contributed by atoms with Gasteiger partial charge in [0.05, 0.1) is 6.10 Å². The highest BCUT2D eigenvalue weighted by molar-refractivity contribution is 5.92. The molecule has 6 nitrogen and oxygen atoms in total. The van der Waals surface area contributed by atoms with Gasteiger partial charge >= 0.3 is 0 Å². The normalized spacial score (nSPS) is 16.8. The van der Waals surface area contributed by atoms with Crippen molar-refractivity contribution in [3.8, 4) is 0 Å². The van der Waals surface area contributed by atoms with E-state index in [1.54, 1.807) is 12.1 Å². The minimum absolute atomic E-state index is 0.119. The van der Waals surface area contributed by atoms with E-state index in [9.17, 15) is 4.79 Å². The summed E-state index contributed by atoms with van der Waals surface area (Å²) in [5, 5.41) is 14.1. The third kappa shape index (κ3) is 4.29. The summed E-state index contributed by atoms with van der Waals surface area (Å²) in [6.07, 6.45) is 3.18. The second kappa shape index (κ2) is 7.88. The number of amides is 1. The van der Waals surface area contributed by atoms with Crippen molar-refractivity contribution in [2.45, 2.75) is 32.3 Å². The Morgan fingerprint density at radius 1 is 1.21 bits per heavy atom. The predicted molar refractivity (Wildman–Crippen MR) is 92.4 cm³/mol. The van der Waals surface area contributed by atoms with Crippen molar-refractivity contribution in [2.75, 3.05) is 18.5 Å². The first-order valence-electron chi connectivity index (χ1n) is 8.34. The monoisotopic (exact) mass is 326 g/mol. The average Bonchev–Trinajstić information content (AvgIpc) is 3.14. The Labute approximate surface area is 141 Å². The van der Waals surface area contributed by atoms with E-state index in [0.717, 1.165) is 31.6 Å². The number of carbonyl (C=O) groups is 1. The number of rotatable bonds is 6. The van der Waals surface area contributed by atoms with E-state index in [0.29, 0.717) is 18.1 Å². The molecule has 1 aromatic heterocycles. The number of anilines is 2. The maximum atomic E-state index is 12.1. The van der Waals surface area contributed by atoms with Gasteiger partial charge in [0.15, 0.2) is 11.5 Å². The van der Waals surface area contributed by atoms with E-state index in [2.05, 4.69) is 39.9 Å². The minimum atomic E-state index is -0.225. The number of carbonyl (C=O) groups excluding carboxylic acids is 1. The molecule has 24 heavy (non-hydrogen) atoms. The van der Waals surface area contributed by atoms with E-state index in [4.69, 9.17) is 4.74 Å². The quantitative estimate of drug-likeness (QED) is 0.853. The summed E-state index contributed by atoms with van der Waals surface area (Å²) < 4.78 is 5.48. The van der Waals surface area contributed by atoms with Crippen LogP contribution in [0.1, 0.15) is 35.8 Å². The molecule has 6 heteroatoms.